The number of nitrogens with zero attached hydrogens (tertiary/aromatic N) is 5. The van der Waals surface area contributed by atoms with Gasteiger partial charge in [-0.15, -0.1) is 0 Å². The van der Waals surface area contributed by atoms with Gasteiger partial charge in [-0.05, 0) is 76.1 Å². The first-order chi connectivity index (χ1) is 24.0. The molecule has 3 aliphatic heterocycles. The van der Waals surface area contributed by atoms with Crippen molar-refractivity contribution in [2.45, 2.75) is 71.4 Å². The smallest absolute Gasteiger partial charge is 0.409 e. The van der Waals surface area contributed by atoms with Crippen LogP contribution in [0, 0.1) is 13.8 Å². The molecule has 0 radical (unpaired) electrons. The average Bonchev–Trinajstić information content (AvgIpc) is 3.82. The Labute approximate surface area is 290 Å². The van der Waals surface area contributed by atoms with Crippen LogP contribution in [0.25, 0.3) is 10.9 Å². The Bertz CT molecular complexity index is 1630. The lowest BCUT2D eigenvalue weighted by Gasteiger charge is -2.35. The van der Waals surface area contributed by atoms with Gasteiger partial charge in [0.25, 0.3) is 11.8 Å². The van der Waals surface area contributed by atoms with Crippen molar-refractivity contribution < 1.29 is 43.3 Å². The number of piperazine rings is 1. The maximum Gasteiger partial charge on any atom is 0.409 e. The van der Waals surface area contributed by atoms with Crippen molar-refractivity contribution in [3.8, 4) is 5.75 Å². The van der Waals surface area contributed by atoms with Crippen LogP contribution in [-0.2, 0) is 23.9 Å². The highest BCUT2D eigenvalue weighted by molar-refractivity contribution is 6.00. The summed E-state index contributed by atoms with van der Waals surface area (Å²) in [5.74, 6) is -2.43. The van der Waals surface area contributed by atoms with Gasteiger partial charge in [-0.25, -0.2) is 9.78 Å². The number of aliphatic carboxylic acids is 1. The van der Waals surface area contributed by atoms with Crippen LogP contribution in [0.2, 0.25) is 0 Å². The number of carboxylic acid groups (broad SMARTS) is 1. The van der Waals surface area contributed by atoms with Crippen LogP contribution in [0.5, 0.6) is 5.75 Å². The maximum atomic E-state index is 13.7. The molecule has 5 amide bonds. The fraction of sp³-hybridized carbons (Fsp3) is 0.571. The summed E-state index contributed by atoms with van der Waals surface area (Å²) in [7, 11) is 0. The van der Waals surface area contributed by atoms with Gasteiger partial charge in [0.2, 0.25) is 11.8 Å². The molecule has 5 rings (SSSR count). The lowest BCUT2D eigenvalue weighted by molar-refractivity contribution is -0.144. The molecule has 0 unspecified atom stereocenters. The molecule has 2 N–H and O–H groups in total. The molecule has 2 aromatic rings. The van der Waals surface area contributed by atoms with E-state index in [-0.39, 0.29) is 75.5 Å². The molecule has 0 aliphatic carbocycles. The summed E-state index contributed by atoms with van der Waals surface area (Å²) in [4.78, 5) is 88.4. The Morgan fingerprint density at radius 3 is 2.26 bits per heavy atom. The van der Waals surface area contributed by atoms with E-state index in [1.54, 1.807) is 17.9 Å². The van der Waals surface area contributed by atoms with Crippen LogP contribution in [-0.4, -0.2) is 136 Å². The van der Waals surface area contributed by atoms with E-state index in [0.717, 1.165) is 30.4 Å². The lowest BCUT2D eigenvalue weighted by atomic mass is 10.0. The van der Waals surface area contributed by atoms with Gasteiger partial charge in [0.15, 0.2) is 6.61 Å². The minimum atomic E-state index is -1.17. The van der Waals surface area contributed by atoms with Crippen LogP contribution >= 0.6 is 0 Å². The topological polar surface area (TPSA) is 179 Å². The Morgan fingerprint density at radius 1 is 0.900 bits per heavy atom. The summed E-state index contributed by atoms with van der Waals surface area (Å²) >= 11 is 0. The Morgan fingerprint density at radius 2 is 1.58 bits per heavy atom. The number of pyridine rings is 1. The third-order valence-corrected chi connectivity index (χ3v) is 9.61. The second-order valence-corrected chi connectivity index (χ2v) is 13.0. The number of hydrogen-bond donors (Lipinski definition) is 2. The van der Waals surface area contributed by atoms with Crippen LogP contribution in [0.1, 0.15) is 67.1 Å². The normalized spacial score (nSPS) is 18.3. The summed E-state index contributed by atoms with van der Waals surface area (Å²) in [6.07, 6.45) is 2.25. The molecule has 3 saturated heterocycles. The lowest BCUT2D eigenvalue weighted by Crippen LogP contribution is -2.56. The summed E-state index contributed by atoms with van der Waals surface area (Å²) in [6, 6.07) is 3.39. The molecular formula is C35H46N6O9. The molecule has 0 saturated carbocycles. The maximum absolute atomic E-state index is 13.7. The van der Waals surface area contributed by atoms with Gasteiger partial charge in [-0.3, -0.25) is 24.0 Å². The summed E-state index contributed by atoms with van der Waals surface area (Å²) in [5, 5.41) is 12.6. The van der Waals surface area contributed by atoms with Crippen LogP contribution in [0.4, 0.5) is 4.79 Å². The molecule has 270 valence electrons. The SMILES string of the molecule is CCOC(=O)N1CCN(C(=O)[C@H](CCC(=O)O)NC(=O)c2cc(OCC(=O)N3CCC[C@H]3C(=O)N3CCCC3)c3cc(C)c(C)cc3n2)CC1. The number of benzene rings is 1. The molecule has 0 spiro atoms. The van der Waals surface area contributed by atoms with E-state index in [4.69, 9.17) is 9.47 Å². The largest absolute Gasteiger partial charge is 0.483 e. The molecule has 15 nitrogen and oxygen atoms in total. The van der Waals surface area contributed by atoms with Gasteiger partial charge in [-0.1, -0.05) is 0 Å². The van der Waals surface area contributed by atoms with Crippen molar-refractivity contribution in [3.05, 3.63) is 35.0 Å². The number of carboxylic acids is 1. The highest BCUT2D eigenvalue weighted by atomic mass is 16.6. The number of amides is 5. The van der Waals surface area contributed by atoms with Gasteiger partial charge in [0, 0.05) is 63.7 Å². The first kappa shape index (κ1) is 36.3. The average molecular weight is 695 g/mol. The second kappa shape index (κ2) is 16.2. The molecular weight excluding hydrogens is 648 g/mol. The van der Waals surface area contributed by atoms with Crippen LogP contribution < -0.4 is 10.1 Å². The van der Waals surface area contributed by atoms with Crippen LogP contribution in [0.3, 0.4) is 0 Å². The predicted octanol–water partition coefficient (Wildman–Crippen LogP) is 2.11. The molecule has 15 heteroatoms. The number of rotatable bonds is 11. The Hall–Kier alpha value is -4.95. The van der Waals surface area contributed by atoms with Gasteiger partial charge in [0.05, 0.1) is 12.1 Å². The van der Waals surface area contributed by atoms with E-state index >= 15 is 0 Å². The minimum absolute atomic E-state index is 0.0272. The first-order valence-electron chi connectivity index (χ1n) is 17.3. The molecule has 3 fully saturated rings. The molecule has 1 aromatic heterocycles. The zero-order valence-electron chi connectivity index (χ0n) is 28.9. The standard InChI is InChI=1S/C35H46N6O9/c1-4-49-35(48)40-16-14-39(15-17-40)33(46)25(9-10-31(43)44)37-32(45)27-20-29(24-18-22(2)23(3)19-26(24)36-27)50-21-30(42)41-13-7-8-28(41)34(47)38-11-5-6-12-38/h18-20,25,28H,4-17,21H2,1-3H3,(H,37,45)(H,43,44)/t25-,28-/m0/s1. The van der Waals surface area contributed by atoms with Gasteiger partial charge in [-0.2, -0.15) is 0 Å². The summed E-state index contributed by atoms with van der Waals surface area (Å²) in [5.41, 5.74) is 2.23. The van der Waals surface area contributed by atoms with Gasteiger partial charge < -0.3 is 39.5 Å². The highest BCUT2D eigenvalue weighted by Crippen LogP contribution is 2.29. The fourth-order valence-electron chi connectivity index (χ4n) is 6.69. The van der Waals surface area contributed by atoms with E-state index in [0.29, 0.717) is 37.0 Å². The summed E-state index contributed by atoms with van der Waals surface area (Å²) < 4.78 is 11.1. The fourth-order valence-corrected chi connectivity index (χ4v) is 6.69. The molecule has 4 heterocycles. The van der Waals surface area contributed by atoms with Crippen LogP contribution in [0.15, 0.2) is 18.2 Å². The second-order valence-electron chi connectivity index (χ2n) is 13.0. The van der Waals surface area contributed by atoms with Crippen molar-refractivity contribution in [1.82, 2.24) is 29.9 Å². The number of likely N-dealkylation sites (tertiary alicyclic amines) is 2. The van der Waals surface area contributed by atoms with Crippen molar-refractivity contribution in [2.24, 2.45) is 0 Å². The molecule has 1 aromatic carbocycles. The van der Waals surface area contributed by atoms with E-state index < -0.39 is 36.0 Å². The van der Waals surface area contributed by atoms with E-state index in [9.17, 15) is 33.9 Å². The summed E-state index contributed by atoms with van der Waals surface area (Å²) in [6.45, 7) is 8.13. The zero-order valence-corrected chi connectivity index (χ0v) is 28.9. The van der Waals surface area contributed by atoms with E-state index in [2.05, 4.69) is 10.3 Å². The molecule has 0 bridgehead atoms. The highest BCUT2D eigenvalue weighted by Gasteiger charge is 2.37. The van der Waals surface area contributed by atoms with Gasteiger partial charge in [0.1, 0.15) is 23.5 Å². The van der Waals surface area contributed by atoms with Crippen molar-refractivity contribution in [1.29, 1.82) is 0 Å². The van der Waals surface area contributed by atoms with E-state index in [1.807, 2.05) is 24.8 Å². The number of hydrogen-bond acceptors (Lipinski definition) is 9. The number of carbonyl (C=O) groups excluding carboxylic acids is 5. The monoisotopic (exact) mass is 694 g/mol. The molecule has 3 aliphatic rings. The number of nitrogens with one attached hydrogen (secondary N) is 1. The van der Waals surface area contributed by atoms with Crippen molar-refractivity contribution in [3.63, 3.8) is 0 Å². The quantitative estimate of drug-likeness (QED) is 0.354. The Kier molecular flexibility index (Phi) is 11.8. The number of aromatic nitrogens is 1. The number of fused-ring (bicyclic) bond motifs is 1. The molecule has 50 heavy (non-hydrogen) atoms. The predicted molar refractivity (Wildman–Crippen MR) is 181 cm³/mol. The Balaban J connectivity index is 1.33. The molecule has 2 atom stereocenters. The third-order valence-electron chi connectivity index (χ3n) is 9.61. The van der Waals surface area contributed by atoms with Crippen molar-refractivity contribution >= 4 is 46.6 Å². The van der Waals surface area contributed by atoms with Crippen molar-refractivity contribution in [2.75, 3.05) is 59.0 Å². The number of carbonyl (C=O) groups is 6. The number of ether oxygens (including phenoxy) is 2. The third kappa shape index (κ3) is 8.43. The first-order valence-corrected chi connectivity index (χ1v) is 17.3. The van der Waals surface area contributed by atoms with Gasteiger partial charge >= 0.3 is 12.1 Å². The minimum Gasteiger partial charge on any atom is -0.483 e. The zero-order chi connectivity index (χ0) is 35.9. The number of aryl methyl sites for hydroxylation is 2. The van der Waals surface area contributed by atoms with E-state index in [1.165, 1.54) is 15.9 Å².